The molecule has 22 heavy (non-hydrogen) atoms. The summed E-state index contributed by atoms with van der Waals surface area (Å²) in [6.07, 6.45) is 0. The number of hydrogen-bond donors (Lipinski definition) is 2. The van der Waals surface area contributed by atoms with E-state index in [1.807, 2.05) is 32.0 Å². The average molecular weight is 338 g/mol. The second-order valence-electron chi connectivity index (χ2n) is 4.99. The van der Waals surface area contributed by atoms with Gasteiger partial charge in [-0.15, -0.1) is 11.3 Å². The van der Waals surface area contributed by atoms with Gasteiger partial charge >= 0.3 is 0 Å². The van der Waals surface area contributed by atoms with E-state index in [0.717, 1.165) is 27.3 Å². The highest BCUT2D eigenvalue weighted by Crippen LogP contribution is 2.21. The molecule has 7 heteroatoms. The highest BCUT2D eigenvalue weighted by atomic mass is 32.2. The number of carbonyl (C=O) groups excluding carboxylic acids is 1. The molecule has 0 spiro atoms. The fourth-order valence-electron chi connectivity index (χ4n) is 2.07. The summed E-state index contributed by atoms with van der Waals surface area (Å²) in [4.78, 5) is 12.9. The molecule has 2 aromatic rings. The molecule has 118 valence electrons. The lowest BCUT2D eigenvalue weighted by Crippen LogP contribution is -2.22. The first-order valence-electron chi connectivity index (χ1n) is 6.70. The Morgan fingerprint density at radius 3 is 2.36 bits per heavy atom. The van der Waals surface area contributed by atoms with Gasteiger partial charge in [-0.05, 0) is 45.2 Å². The lowest BCUT2D eigenvalue weighted by Gasteiger charge is -2.06. The molecule has 1 aromatic heterocycles. The predicted octanol–water partition coefficient (Wildman–Crippen LogP) is 2.20. The normalized spacial score (nSPS) is 11.4. The quantitative estimate of drug-likeness (QED) is 0.877. The number of sulfonamides is 1. The number of carbonyl (C=O) groups is 1. The van der Waals surface area contributed by atoms with E-state index in [-0.39, 0.29) is 10.1 Å². The van der Waals surface area contributed by atoms with Crippen molar-refractivity contribution in [3.05, 3.63) is 51.9 Å². The summed E-state index contributed by atoms with van der Waals surface area (Å²) in [5.74, 6) is -0.168. The van der Waals surface area contributed by atoms with Crippen molar-refractivity contribution in [2.75, 3.05) is 7.05 Å². The van der Waals surface area contributed by atoms with Crippen molar-refractivity contribution in [2.45, 2.75) is 24.6 Å². The van der Waals surface area contributed by atoms with Crippen molar-refractivity contribution in [1.29, 1.82) is 0 Å². The van der Waals surface area contributed by atoms with Crippen LogP contribution in [0.2, 0.25) is 0 Å². The number of thiophene rings is 1. The van der Waals surface area contributed by atoms with Crippen LogP contribution < -0.4 is 10.0 Å². The van der Waals surface area contributed by atoms with Crippen molar-refractivity contribution in [2.24, 2.45) is 0 Å². The van der Waals surface area contributed by atoms with Gasteiger partial charge in [0.15, 0.2) is 0 Å². The van der Waals surface area contributed by atoms with Crippen LogP contribution in [0.15, 0.2) is 34.5 Å². The van der Waals surface area contributed by atoms with Gasteiger partial charge in [-0.25, -0.2) is 13.1 Å². The molecule has 0 atom stereocenters. The molecule has 1 aromatic carbocycles. The summed E-state index contributed by atoms with van der Waals surface area (Å²) < 4.78 is 25.8. The first-order chi connectivity index (χ1) is 10.3. The largest absolute Gasteiger partial charge is 0.347 e. The fourth-order valence-corrected chi connectivity index (χ4v) is 4.21. The fraction of sp³-hybridized carbons (Fsp3) is 0.267. The SMILES string of the molecule is CNS(=O)(=O)c1ccc(CNC(=O)c2cc(C)cc(C)c2)s1. The summed E-state index contributed by atoms with van der Waals surface area (Å²) >= 11 is 1.14. The Bertz CT molecular complexity index is 775. The molecule has 0 fully saturated rings. The number of amides is 1. The number of benzene rings is 1. The van der Waals surface area contributed by atoms with Gasteiger partial charge in [-0.3, -0.25) is 4.79 Å². The molecule has 0 aliphatic heterocycles. The maximum absolute atomic E-state index is 12.1. The molecule has 0 saturated carbocycles. The second-order valence-corrected chi connectivity index (χ2v) is 8.27. The molecule has 0 aliphatic rings. The molecular formula is C15H18N2O3S2. The minimum Gasteiger partial charge on any atom is -0.347 e. The number of nitrogens with one attached hydrogen (secondary N) is 2. The standard InChI is InChI=1S/C15H18N2O3S2/c1-10-6-11(2)8-12(7-10)15(18)17-9-13-4-5-14(21-13)22(19,20)16-3/h4-8,16H,9H2,1-3H3,(H,17,18). The maximum Gasteiger partial charge on any atom is 0.251 e. The third-order valence-electron chi connectivity index (χ3n) is 3.08. The Morgan fingerprint density at radius 2 is 1.77 bits per heavy atom. The van der Waals surface area contributed by atoms with E-state index in [1.165, 1.54) is 13.1 Å². The molecular weight excluding hydrogens is 320 g/mol. The van der Waals surface area contributed by atoms with Crippen LogP contribution in [-0.2, 0) is 16.6 Å². The Morgan fingerprint density at radius 1 is 1.14 bits per heavy atom. The van der Waals surface area contributed by atoms with Gasteiger partial charge in [0, 0.05) is 10.4 Å². The zero-order valence-corrected chi connectivity index (χ0v) is 14.3. The molecule has 5 nitrogen and oxygen atoms in total. The highest BCUT2D eigenvalue weighted by molar-refractivity contribution is 7.91. The number of aryl methyl sites for hydroxylation is 2. The van der Waals surface area contributed by atoms with Gasteiger partial charge < -0.3 is 5.32 Å². The van der Waals surface area contributed by atoms with Gasteiger partial charge in [0.2, 0.25) is 10.0 Å². The summed E-state index contributed by atoms with van der Waals surface area (Å²) in [7, 11) is -2.05. The van der Waals surface area contributed by atoms with Crippen LogP contribution in [0.25, 0.3) is 0 Å². The van der Waals surface area contributed by atoms with Gasteiger partial charge in [-0.2, -0.15) is 0 Å². The molecule has 0 radical (unpaired) electrons. The first kappa shape index (κ1) is 16.7. The molecule has 2 N–H and O–H groups in total. The molecule has 1 heterocycles. The minimum absolute atomic E-state index is 0.168. The second kappa shape index (κ2) is 6.60. The van der Waals surface area contributed by atoms with Gasteiger partial charge in [0.1, 0.15) is 4.21 Å². The van der Waals surface area contributed by atoms with E-state index in [0.29, 0.717) is 12.1 Å². The maximum atomic E-state index is 12.1. The molecule has 0 saturated heterocycles. The van der Waals surface area contributed by atoms with E-state index in [2.05, 4.69) is 10.0 Å². The van der Waals surface area contributed by atoms with Crippen LogP contribution in [0, 0.1) is 13.8 Å². The van der Waals surface area contributed by atoms with Crippen molar-refractivity contribution in [1.82, 2.24) is 10.0 Å². The summed E-state index contributed by atoms with van der Waals surface area (Å²) in [5.41, 5.74) is 2.67. The summed E-state index contributed by atoms with van der Waals surface area (Å²) in [6, 6.07) is 8.90. The average Bonchev–Trinajstić information content (AvgIpc) is 2.93. The van der Waals surface area contributed by atoms with Crippen LogP contribution in [0.1, 0.15) is 26.4 Å². The smallest absolute Gasteiger partial charge is 0.251 e. The van der Waals surface area contributed by atoms with Crippen LogP contribution in [0.3, 0.4) is 0 Å². The third-order valence-corrected chi connectivity index (χ3v) is 6.07. The predicted molar refractivity (Wildman–Crippen MR) is 87.7 cm³/mol. The van der Waals surface area contributed by atoms with Crippen LogP contribution in [0.4, 0.5) is 0 Å². The highest BCUT2D eigenvalue weighted by Gasteiger charge is 2.14. The van der Waals surface area contributed by atoms with Gasteiger partial charge in [0.05, 0.1) is 6.54 Å². The summed E-state index contributed by atoms with van der Waals surface area (Å²) in [6.45, 7) is 4.19. The lowest BCUT2D eigenvalue weighted by molar-refractivity contribution is 0.0951. The molecule has 0 aliphatic carbocycles. The minimum atomic E-state index is -3.42. The van der Waals surface area contributed by atoms with E-state index in [9.17, 15) is 13.2 Å². The van der Waals surface area contributed by atoms with Gasteiger partial charge in [0.25, 0.3) is 5.91 Å². The van der Waals surface area contributed by atoms with Crippen LogP contribution in [0.5, 0.6) is 0 Å². The van der Waals surface area contributed by atoms with E-state index in [1.54, 1.807) is 6.07 Å². The van der Waals surface area contributed by atoms with Gasteiger partial charge in [-0.1, -0.05) is 17.2 Å². The third kappa shape index (κ3) is 3.94. The zero-order chi connectivity index (χ0) is 16.3. The Hall–Kier alpha value is -1.70. The number of rotatable bonds is 5. The van der Waals surface area contributed by atoms with Crippen molar-refractivity contribution in [3.63, 3.8) is 0 Å². The Labute approximate surface area is 134 Å². The lowest BCUT2D eigenvalue weighted by atomic mass is 10.1. The molecule has 1 amide bonds. The Balaban J connectivity index is 2.05. The van der Waals surface area contributed by atoms with Crippen molar-refractivity contribution in [3.8, 4) is 0 Å². The van der Waals surface area contributed by atoms with Crippen LogP contribution >= 0.6 is 11.3 Å². The van der Waals surface area contributed by atoms with E-state index >= 15 is 0 Å². The molecule has 2 rings (SSSR count). The van der Waals surface area contributed by atoms with Crippen molar-refractivity contribution >= 4 is 27.3 Å². The Kier molecular flexibility index (Phi) is 5.00. The first-order valence-corrected chi connectivity index (χ1v) is 9.00. The van der Waals surface area contributed by atoms with E-state index < -0.39 is 10.0 Å². The zero-order valence-electron chi connectivity index (χ0n) is 12.6. The van der Waals surface area contributed by atoms with Crippen molar-refractivity contribution < 1.29 is 13.2 Å². The topological polar surface area (TPSA) is 75.3 Å². The molecule has 0 bridgehead atoms. The molecule has 0 unspecified atom stereocenters. The monoisotopic (exact) mass is 338 g/mol. The summed E-state index contributed by atoms with van der Waals surface area (Å²) in [5, 5.41) is 2.81. The van der Waals surface area contributed by atoms with Crippen LogP contribution in [-0.4, -0.2) is 21.4 Å². The van der Waals surface area contributed by atoms with E-state index in [4.69, 9.17) is 0 Å². The number of hydrogen-bond acceptors (Lipinski definition) is 4.